The van der Waals surface area contributed by atoms with Crippen LogP contribution in [0.4, 0.5) is 16.2 Å². The first-order valence-corrected chi connectivity index (χ1v) is 14.7. The smallest absolute Gasteiger partial charge is 0.323 e. The summed E-state index contributed by atoms with van der Waals surface area (Å²) in [5, 5.41) is 5.98. The second-order valence-corrected chi connectivity index (χ2v) is 11.6. The highest BCUT2D eigenvalue weighted by Gasteiger charge is 2.69. The number of para-hydroxylation sites is 2. The molecule has 4 aromatic rings. The number of nitrogens with zero attached hydrogens (tertiary/aromatic N) is 1. The molecule has 0 aromatic heterocycles. The van der Waals surface area contributed by atoms with E-state index in [9.17, 15) is 14.4 Å². The molecule has 4 unspecified atom stereocenters. The van der Waals surface area contributed by atoms with Crippen LogP contribution < -0.4 is 20.1 Å². The Bertz CT molecular complexity index is 1710. The van der Waals surface area contributed by atoms with E-state index in [2.05, 4.69) is 26.6 Å². The fourth-order valence-corrected chi connectivity index (χ4v) is 7.06. The van der Waals surface area contributed by atoms with Gasteiger partial charge in [-0.15, -0.1) is 0 Å². The Morgan fingerprint density at radius 2 is 1.60 bits per heavy atom. The number of hydrogen-bond donors (Lipinski definition) is 2. The van der Waals surface area contributed by atoms with Crippen molar-refractivity contribution in [3.8, 4) is 11.5 Å². The number of ether oxygens (including phenoxy) is 2. The number of benzene rings is 4. The minimum absolute atomic E-state index is 0.233. The summed E-state index contributed by atoms with van der Waals surface area (Å²) >= 11 is 3.56. The van der Waals surface area contributed by atoms with E-state index in [1.807, 2.05) is 49.4 Å². The molecule has 0 saturated carbocycles. The van der Waals surface area contributed by atoms with Crippen LogP contribution in [0.25, 0.3) is 0 Å². The number of urea groups is 1. The van der Waals surface area contributed by atoms with Crippen LogP contribution in [0.2, 0.25) is 0 Å². The minimum atomic E-state index is -1.66. The van der Waals surface area contributed by atoms with E-state index < -0.39 is 35.4 Å². The van der Waals surface area contributed by atoms with Gasteiger partial charge in [-0.25, -0.2) is 4.79 Å². The molecular formula is C34H30BrN3O5. The quantitative estimate of drug-likeness (QED) is 0.225. The maximum atomic E-state index is 14.7. The topological polar surface area (TPSA) is 97.0 Å². The Hall–Kier alpha value is -4.63. The van der Waals surface area contributed by atoms with Gasteiger partial charge < -0.3 is 25.0 Å². The second-order valence-electron chi connectivity index (χ2n) is 10.7. The van der Waals surface area contributed by atoms with Gasteiger partial charge in [0.05, 0.1) is 25.8 Å². The molecule has 1 saturated heterocycles. The molecule has 9 heteroatoms. The molecule has 2 aliphatic rings. The lowest BCUT2D eigenvalue weighted by Gasteiger charge is -2.38. The van der Waals surface area contributed by atoms with Crippen LogP contribution in [0.3, 0.4) is 0 Å². The summed E-state index contributed by atoms with van der Waals surface area (Å²) in [5.74, 6) is -1.04. The van der Waals surface area contributed by atoms with E-state index >= 15 is 0 Å². The number of ketones is 1. The van der Waals surface area contributed by atoms with E-state index in [1.54, 1.807) is 66.6 Å². The summed E-state index contributed by atoms with van der Waals surface area (Å²) in [4.78, 5) is 45.3. The Kier molecular flexibility index (Phi) is 7.43. The molecule has 43 heavy (non-hydrogen) atoms. The number of fused-ring (bicyclic) bond motifs is 2. The molecule has 8 nitrogen and oxygen atoms in total. The number of rotatable bonds is 6. The van der Waals surface area contributed by atoms with Gasteiger partial charge in [-0.3, -0.25) is 9.59 Å². The fraction of sp³-hybridized carbons (Fsp3) is 0.206. The number of carbonyl (C=O) groups excluding carboxylic acids is 3. The number of carbonyl (C=O) groups is 3. The van der Waals surface area contributed by atoms with Crippen molar-refractivity contribution in [2.45, 2.75) is 24.4 Å². The normalized spacial score (nSPS) is 22.2. The Labute approximate surface area is 258 Å². The Balaban J connectivity index is 1.61. The Morgan fingerprint density at radius 3 is 2.30 bits per heavy atom. The summed E-state index contributed by atoms with van der Waals surface area (Å²) < 4.78 is 11.6. The molecule has 218 valence electrons. The summed E-state index contributed by atoms with van der Waals surface area (Å²) in [6.07, 6.45) is 0. The highest BCUT2D eigenvalue weighted by Crippen LogP contribution is 2.59. The number of hydrogen-bond acceptors (Lipinski definition) is 5. The standard InChI is InChI=1S/C34H30BrN3O5/c1-20-29(21-13-16-24(42-2)17-14-21)30(31(39)22-9-5-4-6-10-22)34(25-19-23(35)15-18-26(25)36-32(34)40)38(20)33(41)37-27-11-7-8-12-28(27)43-3/h4-20,29-30H,1-3H3,(H,36,40)(H,37,41). The van der Waals surface area contributed by atoms with Gasteiger partial charge in [-0.2, -0.15) is 0 Å². The van der Waals surface area contributed by atoms with Gasteiger partial charge in [0.2, 0.25) is 0 Å². The lowest BCUT2D eigenvalue weighted by atomic mass is 9.69. The average molecular weight is 641 g/mol. The Morgan fingerprint density at radius 1 is 0.907 bits per heavy atom. The maximum absolute atomic E-state index is 14.7. The lowest BCUT2D eigenvalue weighted by molar-refractivity contribution is -0.126. The fourth-order valence-electron chi connectivity index (χ4n) is 6.70. The molecule has 2 aliphatic heterocycles. The van der Waals surface area contributed by atoms with Gasteiger partial charge in [-0.1, -0.05) is 70.5 Å². The molecule has 3 amide bonds. The number of methoxy groups -OCH3 is 2. The SMILES string of the molecule is COc1ccc(C2C(C)N(C(=O)Nc3ccccc3OC)C3(C(=O)Nc4ccc(Br)cc43)C2C(=O)c2ccccc2)cc1. The number of Topliss-reactive ketones (excluding diaryl/α,β-unsaturated/α-hetero) is 1. The van der Waals surface area contributed by atoms with Gasteiger partial charge >= 0.3 is 6.03 Å². The largest absolute Gasteiger partial charge is 0.497 e. The molecule has 4 aromatic carbocycles. The second kappa shape index (κ2) is 11.2. The van der Waals surface area contributed by atoms with Crippen LogP contribution in [0.1, 0.15) is 34.3 Å². The van der Waals surface area contributed by atoms with Crippen molar-refractivity contribution in [2.75, 3.05) is 24.9 Å². The van der Waals surface area contributed by atoms with Crippen LogP contribution in [0.15, 0.2) is 102 Å². The number of amides is 3. The van der Waals surface area contributed by atoms with Crippen LogP contribution in [0, 0.1) is 5.92 Å². The molecule has 0 bridgehead atoms. The highest BCUT2D eigenvalue weighted by molar-refractivity contribution is 9.10. The summed E-state index contributed by atoms with van der Waals surface area (Å²) in [6, 6.07) is 27.8. The predicted octanol–water partition coefficient (Wildman–Crippen LogP) is 6.83. The molecule has 1 spiro atoms. The van der Waals surface area contributed by atoms with Crippen molar-refractivity contribution in [2.24, 2.45) is 5.92 Å². The molecule has 6 rings (SSSR count). The van der Waals surface area contributed by atoms with E-state index in [4.69, 9.17) is 9.47 Å². The van der Waals surface area contributed by atoms with E-state index in [0.29, 0.717) is 34.0 Å². The summed E-state index contributed by atoms with van der Waals surface area (Å²) in [7, 11) is 3.11. The third-order valence-corrected chi connectivity index (χ3v) is 9.00. The number of halogens is 1. The third kappa shape index (κ3) is 4.55. The van der Waals surface area contributed by atoms with Crippen LogP contribution in [-0.4, -0.2) is 42.9 Å². The predicted molar refractivity (Wildman–Crippen MR) is 168 cm³/mol. The number of nitrogens with one attached hydrogen (secondary N) is 2. The van der Waals surface area contributed by atoms with Crippen LogP contribution in [-0.2, 0) is 10.3 Å². The molecule has 2 heterocycles. The first-order valence-electron chi connectivity index (χ1n) is 13.9. The van der Waals surface area contributed by atoms with Crippen molar-refractivity contribution < 1.29 is 23.9 Å². The van der Waals surface area contributed by atoms with Gasteiger partial charge in [0.1, 0.15) is 11.5 Å². The van der Waals surface area contributed by atoms with E-state index in [-0.39, 0.29) is 5.78 Å². The zero-order valence-corrected chi connectivity index (χ0v) is 25.4. The average Bonchev–Trinajstić information content (AvgIpc) is 3.47. The minimum Gasteiger partial charge on any atom is -0.497 e. The molecule has 0 aliphatic carbocycles. The van der Waals surface area contributed by atoms with E-state index in [0.717, 1.165) is 10.0 Å². The molecule has 0 radical (unpaired) electrons. The molecular weight excluding hydrogens is 610 g/mol. The zero-order chi connectivity index (χ0) is 30.3. The van der Waals surface area contributed by atoms with Gasteiger partial charge in [-0.05, 0) is 55.0 Å². The summed E-state index contributed by atoms with van der Waals surface area (Å²) in [5.41, 5.74) is 1.16. The van der Waals surface area contributed by atoms with Gasteiger partial charge in [0.15, 0.2) is 11.3 Å². The van der Waals surface area contributed by atoms with E-state index in [1.165, 1.54) is 7.11 Å². The number of likely N-dealkylation sites (tertiary alicyclic amines) is 1. The van der Waals surface area contributed by atoms with Crippen molar-refractivity contribution >= 4 is 45.0 Å². The van der Waals surface area contributed by atoms with Crippen molar-refractivity contribution in [1.82, 2.24) is 4.90 Å². The van der Waals surface area contributed by atoms with Crippen molar-refractivity contribution in [1.29, 1.82) is 0 Å². The zero-order valence-electron chi connectivity index (χ0n) is 23.8. The maximum Gasteiger partial charge on any atom is 0.323 e. The first kappa shape index (κ1) is 28.5. The van der Waals surface area contributed by atoms with Gasteiger partial charge in [0, 0.05) is 33.2 Å². The van der Waals surface area contributed by atoms with Gasteiger partial charge in [0.25, 0.3) is 5.91 Å². The third-order valence-electron chi connectivity index (χ3n) is 8.51. The van der Waals surface area contributed by atoms with Crippen molar-refractivity contribution in [3.63, 3.8) is 0 Å². The molecule has 2 N–H and O–H groups in total. The van der Waals surface area contributed by atoms with Crippen LogP contribution >= 0.6 is 15.9 Å². The van der Waals surface area contributed by atoms with Crippen molar-refractivity contribution in [3.05, 3.63) is 118 Å². The van der Waals surface area contributed by atoms with Crippen LogP contribution in [0.5, 0.6) is 11.5 Å². The monoisotopic (exact) mass is 639 g/mol. The molecule has 1 fully saturated rings. The lowest BCUT2D eigenvalue weighted by Crippen LogP contribution is -2.57. The number of anilines is 2. The molecule has 4 atom stereocenters. The first-order chi connectivity index (χ1) is 20.8. The highest BCUT2D eigenvalue weighted by atomic mass is 79.9. The summed E-state index contributed by atoms with van der Waals surface area (Å²) in [6.45, 7) is 1.89.